The normalized spacial score (nSPS) is 10.6. The highest BCUT2D eigenvalue weighted by molar-refractivity contribution is 5.89. The molecule has 0 aliphatic rings. The lowest BCUT2D eigenvalue weighted by atomic mass is 10.1. The molecule has 2 aromatic rings. The van der Waals surface area contributed by atoms with Crippen LogP contribution in [0.4, 0.5) is 0 Å². The van der Waals surface area contributed by atoms with Crippen molar-refractivity contribution in [1.82, 2.24) is 4.98 Å². The van der Waals surface area contributed by atoms with Gasteiger partial charge in [0.25, 0.3) is 0 Å². The molecule has 0 aliphatic heterocycles. The van der Waals surface area contributed by atoms with Gasteiger partial charge in [-0.1, -0.05) is 31.5 Å². The van der Waals surface area contributed by atoms with Gasteiger partial charge < -0.3 is 9.15 Å². The number of unbranched alkanes of at least 4 members (excludes halogenated alkanes) is 1. The molecule has 0 saturated heterocycles. The third-order valence-electron chi connectivity index (χ3n) is 3.21. The first-order valence-electron chi connectivity index (χ1n) is 6.81. The van der Waals surface area contributed by atoms with Crippen LogP contribution in [0.3, 0.4) is 0 Å². The van der Waals surface area contributed by atoms with Crippen LogP contribution in [0.1, 0.15) is 41.6 Å². The van der Waals surface area contributed by atoms with E-state index in [1.54, 1.807) is 0 Å². The molecule has 2 rings (SSSR count). The molecule has 106 valence electrons. The number of methoxy groups -OCH3 is 1. The monoisotopic (exact) mass is 273 g/mol. The summed E-state index contributed by atoms with van der Waals surface area (Å²) >= 11 is 0. The third-order valence-corrected chi connectivity index (χ3v) is 3.21. The molecule has 0 radical (unpaired) electrons. The first kappa shape index (κ1) is 14.3. The lowest BCUT2D eigenvalue weighted by molar-refractivity contribution is 0.0592. The second-order valence-corrected chi connectivity index (χ2v) is 4.70. The molecular weight excluding hydrogens is 254 g/mol. The van der Waals surface area contributed by atoms with Gasteiger partial charge in [-0.2, -0.15) is 0 Å². The van der Waals surface area contributed by atoms with E-state index in [2.05, 4.69) is 11.9 Å². The molecule has 0 atom stereocenters. The maximum Gasteiger partial charge on any atom is 0.360 e. The van der Waals surface area contributed by atoms with Crippen molar-refractivity contribution in [3.05, 3.63) is 41.3 Å². The topological polar surface area (TPSA) is 52.3 Å². The van der Waals surface area contributed by atoms with Crippen molar-refractivity contribution >= 4 is 5.97 Å². The minimum Gasteiger partial charge on any atom is -0.464 e. The Hall–Kier alpha value is -2.10. The van der Waals surface area contributed by atoms with Crippen LogP contribution in [0.15, 0.2) is 28.7 Å². The fraction of sp³-hybridized carbons (Fsp3) is 0.375. The van der Waals surface area contributed by atoms with Crippen LogP contribution in [0.2, 0.25) is 0 Å². The van der Waals surface area contributed by atoms with E-state index in [0.29, 0.717) is 23.8 Å². The molecule has 4 heteroatoms. The Morgan fingerprint density at radius 1 is 1.35 bits per heavy atom. The molecule has 1 aromatic heterocycles. The van der Waals surface area contributed by atoms with E-state index >= 15 is 0 Å². The highest BCUT2D eigenvalue weighted by Crippen LogP contribution is 2.26. The van der Waals surface area contributed by atoms with Crippen LogP contribution < -0.4 is 0 Å². The molecule has 0 bridgehead atoms. The number of ether oxygens (including phenoxy) is 1. The Kier molecular flexibility index (Phi) is 4.56. The fourth-order valence-electron chi connectivity index (χ4n) is 2.04. The maximum absolute atomic E-state index is 11.8. The van der Waals surface area contributed by atoms with Crippen LogP contribution in [-0.2, 0) is 11.2 Å². The number of rotatable bonds is 5. The van der Waals surface area contributed by atoms with Gasteiger partial charge >= 0.3 is 5.97 Å². The van der Waals surface area contributed by atoms with Crippen molar-refractivity contribution in [3.63, 3.8) is 0 Å². The fourth-order valence-corrected chi connectivity index (χ4v) is 2.04. The second kappa shape index (κ2) is 6.37. The second-order valence-electron chi connectivity index (χ2n) is 4.70. The summed E-state index contributed by atoms with van der Waals surface area (Å²) in [6.45, 7) is 4.08. The van der Waals surface area contributed by atoms with Gasteiger partial charge in [-0.05, 0) is 25.0 Å². The quantitative estimate of drug-likeness (QED) is 0.778. The Balaban J connectivity index is 2.43. The first-order chi connectivity index (χ1) is 9.67. The highest BCUT2D eigenvalue weighted by Gasteiger charge is 2.21. The summed E-state index contributed by atoms with van der Waals surface area (Å²) in [5.74, 6) is 0.645. The van der Waals surface area contributed by atoms with Gasteiger partial charge in [0.1, 0.15) is 5.76 Å². The van der Waals surface area contributed by atoms with Gasteiger partial charge in [-0.3, -0.25) is 0 Å². The zero-order valence-corrected chi connectivity index (χ0v) is 12.1. The Bertz CT molecular complexity index is 602. The van der Waals surface area contributed by atoms with Gasteiger partial charge in [0.05, 0.1) is 7.11 Å². The Morgan fingerprint density at radius 2 is 2.10 bits per heavy atom. The van der Waals surface area contributed by atoms with Crippen molar-refractivity contribution in [2.45, 2.75) is 33.1 Å². The highest BCUT2D eigenvalue weighted by atomic mass is 16.5. The van der Waals surface area contributed by atoms with E-state index in [4.69, 9.17) is 9.15 Å². The van der Waals surface area contributed by atoms with E-state index in [1.807, 2.05) is 31.2 Å². The molecule has 1 aromatic carbocycles. The lowest BCUT2D eigenvalue weighted by Crippen LogP contribution is -2.05. The number of aryl methyl sites for hydroxylation is 2. The summed E-state index contributed by atoms with van der Waals surface area (Å²) in [5.41, 5.74) is 2.26. The average molecular weight is 273 g/mol. The number of esters is 1. The Morgan fingerprint density at radius 3 is 2.75 bits per heavy atom. The molecule has 0 unspecified atom stereocenters. The van der Waals surface area contributed by atoms with E-state index in [9.17, 15) is 4.79 Å². The molecular formula is C16H19NO3. The van der Waals surface area contributed by atoms with Gasteiger partial charge in [-0.25, -0.2) is 9.78 Å². The molecule has 20 heavy (non-hydrogen) atoms. The number of nitrogens with zero attached hydrogens (tertiary/aromatic N) is 1. The summed E-state index contributed by atoms with van der Waals surface area (Å²) < 4.78 is 10.6. The molecule has 1 heterocycles. The van der Waals surface area contributed by atoms with Crippen molar-refractivity contribution in [2.24, 2.45) is 0 Å². The predicted molar refractivity (Wildman–Crippen MR) is 76.6 cm³/mol. The standard InChI is InChI=1S/C16H19NO3/c1-4-5-10-13-14(16(18)19-3)17-15(20-13)12-9-7-6-8-11(12)2/h6-9H,4-5,10H2,1-3H3. The van der Waals surface area contributed by atoms with Crippen molar-refractivity contribution in [1.29, 1.82) is 0 Å². The molecule has 0 saturated carbocycles. The van der Waals surface area contributed by atoms with Crippen LogP contribution in [0.5, 0.6) is 0 Å². The van der Waals surface area contributed by atoms with E-state index < -0.39 is 5.97 Å². The van der Waals surface area contributed by atoms with Gasteiger partial charge in [0.2, 0.25) is 5.89 Å². The summed E-state index contributed by atoms with van der Waals surface area (Å²) in [7, 11) is 1.36. The summed E-state index contributed by atoms with van der Waals surface area (Å²) in [6.07, 6.45) is 2.67. The zero-order chi connectivity index (χ0) is 14.5. The number of aromatic nitrogens is 1. The number of hydrogen-bond acceptors (Lipinski definition) is 4. The lowest BCUT2D eigenvalue weighted by Gasteiger charge is -1.99. The van der Waals surface area contributed by atoms with Crippen molar-refractivity contribution in [2.75, 3.05) is 7.11 Å². The largest absolute Gasteiger partial charge is 0.464 e. The number of benzene rings is 1. The maximum atomic E-state index is 11.8. The molecule has 0 aliphatic carbocycles. The summed E-state index contributed by atoms with van der Waals surface area (Å²) in [6, 6.07) is 7.81. The number of oxazole rings is 1. The van der Waals surface area contributed by atoms with Crippen molar-refractivity contribution < 1.29 is 13.9 Å². The third kappa shape index (κ3) is 2.90. The minimum atomic E-state index is -0.445. The van der Waals surface area contributed by atoms with E-state index in [1.165, 1.54) is 7.11 Å². The van der Waals surface area contributed by atoms with Gasteiger partial charge in [0.15, 0.2) is 5.69 Å². The van der Waals surface area contributed by atoms with Crippen LogP contribution >= 0.6 is 0 Å². The van der Waals surface area contributed by atoms with Gasteiger partial charge in [-0.15, -0.1) is 0 Å². The molecule has 0 N–H and O–H groups in total. The molecule has 0 amide bonds. The molecule has 0 spiro atoms. The first-order valence-corrected chi connectivity index (χ1v) is 6.81. The van der Waals surface area contributed by atoms with Crippen molar-refractivity contribution in [3.8, 4) is 11.5 Å². The summed E-state index contributed by atoms with van der Waals surface area (Å²) in [4.78, 5) is 16.1. The molecule has 4 nitrogen and oxygen atoms in total. The molecule has 0 fully saturated rings. The zero-order valence-electron chi connectivity index (χ0n) is 12.1. The Labute approximate surface area is 118 Å². The predicted octanol–water partition coefficient (Wildman–Crippen LogP) is 3.78. The smallest absolute Gasteiger partial charge is 0.360 e. The van der Waals surface area contributed by atoms with Gasteiger partial charge in [0, 0.05) is 12.0 Å². The summed E-state index contributed by atoms with van der Waals surface area (Å²) in [5, 5.41) is 0. The van der Waals surface area contributed by atoms with Crippen LogP contribution in [0.25, 0.3) is 11.5 Å². The number of carbonyl (C=O) groups is 1. The van der Waals surface area contributed by atoms with E-state index in [0.717, 1.165) is 24.0 Å². The average Bonchev–Trinajstić information content (AvgIpc) is 2.88. The number of carbonyl (C=O) groups excluding carboxylic acids is 1. The van der Waals surface area contributed by atoms with Crippen LogP contribution in [0, 0.1) is 6.92 Å². The van der Waals surface area contributed by atoms with E-state index in [-0.39, 0.29) is 0 Å². The SMILES string of the molecule is CCCCc1oc(-c2ccccc2C)nc1C(=O)OC. The van der Waals surface area contributed by atoms with Crippen LogP contribution in [-0.4, -0.2) is 18.1 Å². The minimum absolute atomic E-state index is 0.291. The number of hydrogen-bond donors (Lipinski definition) is 0.